The van der Waals surface area contributed by atoms with Crippen molar-refractivity contribution < 1.29 is 9.15 Å². The summed E-state index contributed by atoms with van der Waals surface area (Å²) in [5.74, 6) is 1.32. The smallest absolute Gasteiger partial charge is 0.320 e. The van der Waals surface area contributed by atoms with E-state index >= 15 is 0 Å². The van der Waals surface area contributed by atoms with Crippen LogP contribution in [-0.4, -0.2) is 23.9 Å². The van der Waals surface area contributed by atoms with Crippen LogP contribution in [0.4, 0.5) is 11.7 Å². The molecule has 0 bridgehead atoms. The molecule has 2 N–H and O–H groups in total. The first-order valence-electron chi connectivity index (χ1n) is 5.86. The summed E-state index contributed by atoms with van der Waals surface area (Å²) in [5.41, 5.74) is 0.839. The summed E-state index contributed by atoms with van der Waals surface area (Å²) in [6.07, 6.45) is 0. The first-order valence-corrected chi connectivity index (χ1v) is 6.66. The molecule has 0 radical (unpaired) electrons. The number of nitrogens with zero attached hydrogens (tertiary/aromatic N) is 2. The molecule has 0 atom stereocenters. The van der Waals surface area contributed by atoms with Gasteiger partial charge in [0.25, 0.3) is 0 Å². The number of anilines is 2. The number of ether oxygens (including phenoxy) is 1. The lowest BCUT2D eigenvalue weighted by atomic mass is 10.3. The zero-order valence-electron chi connectivity index (χ0n) is 10.7. The van der Waals surface area contributed by atoms with E-state index in [4.69, 9.17) is 9.15 Å². The maximum absolute atomic E-state index is 5.44. The van der Waals surface area contributed by atoms with Crippen molar-refractivity contribution in [2.75, 3.05) is 19.0 Å². The fraction of sp³-hybridized carbons (Fsp3) is 0.333. The van der Waals surface area contributed by atoms with Gasteiger partial charge in [0.05, 0.1) is 18.1 Å². The fourth-order valence-corrected chi connectivity index (χ4v) is 2.02. The van der Waals surface area contributed by atoms with Gasteiger partial charge in [0.1, 0.15) is 5.75 Å². The minimum absolute atomic E-state index is 0.366. The Hall–Kier alpha value is -1.60. The Balaban J connectivity index is 2.04. The van der Waals surface area contributed by atoms with E-state index in [-0.39, 0.29) is 0 Å². The topological polar surface area (TPSA) is 72.2 Å². The highest BCUT2D eigenvalue weighted by Crippen LogP contribution is 2.28. The molecule has 2 aromatic rings. The van der Waals surface area contributed by atoms with Crippen molar-refractivity contribution in [2.24, 2.45) is 0 Å². The van der Waals surface area contributed by atoms with Crippen molar-refractivity contribution in [3.05, 3.63) is 28.6 Å². The predicted octanol–water partition coefficient (Wildman–Crippen LogP) is 2.69. The largest absolute Gasteiger partial charge is 0.496 e. The Kier molecular flexibility index (Phi) is 4.75. The Bertz CT molecular complexity index is 544. The van der Waals surface area contributed by atoms with Crippen molar-refractivity contribution >= 4 is 27.6 Å². The second-order valence-electron chi connectivity index (χ2n) is 3.76. The molecule has 7 heteroatoms. The number of halogens is 1. The highest BCUT2D eigenvalue weighted by molar-refractivity contribution is 9.10. The normalized spacial score (nSPS) is 10.5. The Morgan fingerprint density at radius 2 is 2.21 bits per heavy atom. The number of aromatic nitrogens is 2. The molecule has 0 aliphatic carbocycles. The van der Waals surface area contributed by atoms with E-state index in [9.17, 15) is 0 Å². The maximum Gasteiger partial charge on any atom is 0.320 e. The van der Waals surface area contributed by atoms with Gasteiger partial charge in [0.15, 0.2) is 0 Å². The average molecular weight is 327 g/mol. The van der Waals surface area contributed by atoms with Gasteiger partial charge in [-0.05, 0) is 40.7 Å². The van der Waals surface area contributed by atoms with Gasteiger partial charge < -0.3 is 19.8 Å². The van der Waals surface area contributed by atoms with E-state index in [0.29, 0.717) is 18.5 Å². The van der Waals surface area contributed by atoms with Crippen LogP contribution in [0.25, 0.3) is 0 Å². The van der Waals surface area contributed by atoms with E-state index in [2.05, 4.69) is 36.8 Å². The number of rotatable bonds is 6. The molecule has 0 aliphatic heterocycles. The summed E-state index contributed by atoms with van der Waals surface area (Å²) in [6.45, 7) is 3.44. The third-order valence-electron chi connectivity index (χ3n) is 2.40. The lowest BCUT2D eigenvalue weighted by molar-refractivity contribution is 0.412. The van der Waals surface area contributed by atoms with Crippen LogP contribution >= 0.6 is 15.9 Å². The summed E-state index contributed by atoms with van der Waals surface area (Å²) in [6, 6.07) is 5.97. The molecule has 102 valence electrons. The van der Waals surface area contributed by atoms with E-state index in [1.165, 1.54) is 0 Å². The highest BCUT2D eigenvalue weighted by Gasteiger charge is 2.07. The Morgan fingerprint density at radius 1 is 1.37 bits per heavy atom. The molecule has 2 rings (SSSR count). The quantitative estimate of drug-likeness (QED) is 0.850. The summed E-state index contributed by atoms with van der Waals surface area (Å²) in [7, 11) is 1.62. The first-order chi connectivity index (χ1) is 9.22. The summed E-state index contributed by atoms with van der Waals surface area (Å²) in [4.78, 5) is 0. The van der Waals surface area contributed by atoms with Gasteiger partial charge in [0.2, 0.25) is 5.89 Å². The van der Waals surface area contributed by atoms with Crippen molar-refractivity contribution in [2.45, 2.75) is 13.5 Å². The number of nitrogens with one attached hydrogen (secondary N) is 2. The maximum atomic E-state index is 5.44. The monoisotopic (exact) mass is 326 g/mol. The van der Waals surface area contributed by atoms with Gasteiger partial charge in [-0.1, -0.05) is 12.0 Å². The summed E-state index contributed by atoms with van der Waals surface area (Å²) < 4.78 is 11.5. The van der Waals surface area contributed by atoms with Crippen LogP contribution in [0.2, 0.25) is 0 Å². The van der Waals surface area contributed by atoms with E-state index < -0.39 is 0 Å². The number of hydrogen-bond donors (Lipinski definition) is 2. The van der Waals surface area contributed by atoms with Crippen LogP contribution in [0.15, 0.2) is 27.1 Å². The van der Waals surface area contributed by atoms with Gasteiger partial charge in [-0.25, -0.2) is 0 Å². The second-order valence-corrected chi connectivity index (χ2v) is 4.61. The minimum atomic E-state index is 0.366. The van der Waals surface area contributed by atoms with Gasteiger partial charge in [-0.15, -0.1) is 5.10 Å². The first kappa shape index (κ1) is 13.8. The van der Waals surface area contributed by atoms with E-state index in [1.54, 1.807) is 7.11 Å². The minimum Gasteiger partial charge on any atom is -0.496 e. The van der Waals surface area contributed by atoms with Crippen LogP contribution in [0, 0.1) is 0 Å². The van der Waals surface area contributed by atoms with Crippen molar-refractivity contribution in [1.29, 1.82) is 0 Å². The van der Waals surface area contributed by atoms with Crippen molar-refractivity contribution in [1.82, 2.24) is 15.5 Å². The SMILES string of the molecule is CCNCc1nnc(Nc2ccc(OC)c(Br)c2)o1. The van der Waals surface area contributed by atoms with Crippen LogP contribution < -0.4 is 15.4 Å². The number of hydrogen-bond acceptors (Lipinski definition) is 6. The molecule has 0 amide bonds. The summed E-state index contributed by atoms with van der Waals surface area (Å²) >= 11 is 3.42. The molecule has 19 heavy (non-hydrogen) atoms. The molecule has 1 aromatic carbocycles. The molecule has 0 saturated carbocycles. The Morgan fingerprint density at radius 3 is 2.89 bits per heavy atom. The van der Waals surface area contributed by atoms with E-state index in [1.807, 2.05) is 25.1 Å². The van der Waals surface area contributed by atoms with Crippen LogP contribution in [0.1, 0.15) is 12.8 Å². The van der Waals surface area contributed by atoms with Gasteiger partial charge in [-0.2, -0.15) is 0 Å². The predicted molar refractivity (Wildman–Crippen MR) is 75.7 cm³/mol. The molecule has 0 unspecified atom stereocenters. The van der Waals surface area contributed by atoms with Crippen LogP contribution in [0.3, 0.4) is 0 Å². The lowest BCUT2D eigenvalue weighted by Crippen LogP contribution is -2.11. The standard InChI is InChI=1S/C12H15BrN4O2/c1-3-14-7-11-16-17-12(19-11)15-8-4-5-10(18-2)9(13)6-8/h4-6,14H,3,7H2,1-2H3,(H,15,17). The van der Waals surface area contributed by atoms with Crippen molar-refractivity contribution in [3.8, 4) is 5.75 Å². The molecule has 0 spiro atoms. The number of methoxy groups -OCH3 is 1. The van der Waals surface area contributed by atoms with Crippen molar-refractivity contribution in [3.63, 3.8) is 0 Å². The fourth-order valence-electron chi connectivity index (χ4n) is 1.48. The molecule has 0 aliphatic rings. The van der Waals surface area contributed by atoms with Crippen LogP contribution in [-0.2, 0) is 6.54 Å². The summed E-state index contributed by atoms with van der Waals surface area (Å²) in [5, 5.41) is 14.0. The highest BCUT2D eigenvalue weighted by atomic mass is 79.9. The molecule has 0 saturated heterocycles. The molecule has 1 heterocycles. The van der Waals surface area contributed by atoms with Gasteiger partial charge in [-0.3, -0.25) is 0 Å². The third-order valence-corrected chi connectivity index (χ3v) is 3.02. The lowest BCUT2D eigenvalue weighted by Gasteiger charge is -2.05. The molecule has 6 nitrogen and oxygen atoms in total. The second kappa shape index (κ2) is 6.53. The average Bonchev–Trinajstić information content (AvgIpc) is 2.84. The van der Waals surface area contributed by atoms with E-state index in [0.717, 1.165) is 22.5 Å². The molecular formula is C12H15BrN4O2. The number of benzene rings is 1. The zero-order valence-corrected chi connectivity index (χ0v) is 12.3. The Labute approximate surface area is 119 Å². The molecule has 1 aromatic heterocycles. The zero-order chi connectivity index (χ0) is 13.7. The molecular weight excluding hydrogens is 312 g/mol. The van der Waals surface area contributed by atoms with Gasteiger partial charge in [0, 0.05) is 5.69 Å². The van der Waals surface area contributed by atoms with Crippen LogP contribution in [0.5, 0.6) is 5.75 Å². The van der Waals surface area contributed by atoms with Gasteiger partial charge >= 0.3 is 6.01 Å². The molecule has 0 fully saturated rings. The third kappa shape index (κ3) is 3.68.